The molecule has 0 aliphatic heterocycles. The smallest absolute Gasteiger partial charge is 0.0983 e. The van der Waals surface area contributed by atoms with Gasteiger partial charge in [-0.2, -0.15) is 0 Å². The van der Waals surface area contributed by atoms with E-state index in [-0.39, 0.29) is 6.61 Å². The van der Waals surface area contributed by atoms with Gasteiger partial charge in [0.25, 0.3) is 0 Å². The van der Waals surface area contributed by atoms with Gasteiger partial charge in [0, 0.05) is 0 Å². The first-order chi connectivity index (χ1) is 3.34. The van der Waals surface area contributed by atoms with Crippen LogP contribution in [0, 0.1) is 0 Å². The van der Waals surface area contributed by atoms with Gasteiger partial charge in [-0.25, -0.2) is 0 Å². The van der Waals surface area contributed by atoms with Crippen LogP contribution in [0.5, 0.6) is 0 Å². The Hall–Kier alpha value is -0.340. The maximum atomic E-state index is 8.68. The summed E-state index contributed by atoms with van der Waals surface area (Å²) >= 11 is 0. The van der Waals surface area contributed by atoms with Gasteiger partial charge in [0.15, 0.2) is 0 Å². The topological polar surface area (TPSA) is 40.5 Å². The summed E-state index contributed by atoms with van der Waals surface area (Å²) in [6.07, 6.45) is 2.22. The molecular weight excluding hydrogens is 92.1 g/mol. The summed E-state index contributed by atoms with van der Waals surface area (Å²) in [6.45, 7) is -0.133. The Labute approximate surface area is 42.1 Å². The fourth-order valence-electron chi connectivity index (χ4n) is 0.448. The molecule has 1 unspecified atom stereocenters. The molecule has 2 N–H and O–H groups in total. The molecule has 1 rings (SSSR count). The van der Waals surface area contributed by atoms with E-state index in [9.17, 15) is 0 Å². The Morgan fingerprint density at radius 3 is 2.57 bits per heavy atom. The highest BCUT2D eigenvalue weighted by atomic mass is 16.3. The van der Waals surface area contributed by atoms with Gasteiger partial charge in [0.05, 0.1) is 12.7 Å². The largest absolute Gasteiger partial charge is 0.393 e. The van der Waals surface area contributed by atoms with Gasteiger partial charge in [-0.15, -0.1) is 0 Å². The third-order valence-electron chi connectivity index (χ3n) is 1.04. The summed E-state index contributed by atoms with van der Waals surface area (Å²) in [5.41, 5.74) is 0.975. The standard InChI is InChI=1S/C5H8O2/c6-3-5(7)4-1-2-4/h1,5-7H,2-3H2. The van der Waals surface area contributed by atoms with Crippen molar-refractivity contribution in [2.24, 2.45) is 0 Å². The van der Waals surface area contributed by atoms with Crippen molar-refractivity contribution in [3.05, 3.63) is 11.6 Å². The first-order valence-electron chi connectivity index (χ1n) is 2.32. The van der Waals surface area contributed by atoms with E-state index in [1.54, 1.807) is 0 Å². The van der Waals surface area contributed by atoms with Gasteiger partial charge < -0.3 is 10.2 Å². The van der Waals surface area contributed by atoms with Crippen LogP contribution >= 0.6 is 0 Å². The predicted molar refractivity (Wildman–Crippen MR) is 25.8 cm³/mol. The molecule has 0 saturated heterocycles. The lowest BCUT2D eigenvalue weighted by Gasteiger charge is -1.97. The van der Waals surface area contributed by atoms with Crippen LogP contribution in [-0.4, -0.2) is 22.9 Å². The zero-order chi connectivity index (χ0) is 5.28. The molecule has 1 aliphatic carbocycles. The molecule has 40 valence electrons. The SMILES string of the molecule is OCC(O)C1=CC1. The summed E-state index contributed by atoms with van der Waals surface area (Å²) < 4.78 is 0. The second kappa shape index (κ2) is 1.64. The number of rotatable bonds is 2. The summed E-state index contributed by atoms with van der Waals surface area (Å²) in [4.78, 5) is 0. The predicted octanol–water partition coefficient (Wildman–Crippen LogP) is -0.330. The molecule has 0 aromatic heterocycles. The minimum atomic E-state index is -0.569. The summed E-state index contributed by atoms with van der Waals surface area (Å²) in [7, 11) is 0. The van der Waals surface area contributed by atoms with E-state index in [1.807, 2.05) is 6.08 Å². The Kier molecular flexibility index (Phi) is 1.13. The van der Waals surface area contributed by atoms with E-state index in [4.69, 9.17) is 10.2 Å². The Morgan fingerprint density at radius 2 is 2.43 bits per heavy atom. The molecule has 0 spiro atoms. The van der Waals surface area contributed by atoms with Crippen molar-refractivity contribution in [3.63, 3.8) is 0 Å². The number of aliphatic hydroxyl groups excluding tert-OH is 2. The average Bonchev–Trinajstić information content (AvgIpc) is 2.44. The maximum Gasteiger partial charge on any atom is 0.0983 e. The molecule has 2 heteroatoms. The Balaban J connectivity index is 2.24. The molecule has 0 heterocycles. The molecule has 0 aromatic carbocycles. The van der Waals surface area contributed by atoms with Crippen molar-refractivity contribution in [3.8, 4) is 0 Å². The third kappa shape index (κ3) is 1.01. The Bertz CT molecular complexity index is 96.3. The molecule has 1 atom stereocenters. The number of hydrogen-bond donors (Lipinski definition) is 2. The average molecular weight is 100 g/mol. The van der Waals surface area contributed by atoms with Crippen LogP contribution in [0.3, 0.4) is 0 Å². The summed E-state index contributed by atoms with van der Waals surface area (Å²) in [5, 5.41) is 16.9. The lowest BCUT2D eigenvalue weighted by atomic mass is 10.3. The lowest BCUT2D eigenvalue weighted by molar-refractivity contribution is 0.125. The second-order valence-electron chi connectivity index (χ2n) is 1.68. The van der Waals surface area contributed by atoms with Crippen LogP contribution in [0.4, 0.5) is 0 Å². The number of aliphatic hydroxyl groups is 2. The van der Waals surface area contributed by atoms with Crippen molar-refractivity contribution in [1.29, 1.82) is 0 Å². The molecule has 1 aliphatic rings. The highest BCUT2D eigenvalue weighted by Crippen LogP contribution is 2.21. The van der Waals surface area contributed by atoms with Crippen LogP contribution in [0.15, 0.2) is 11.6 Å². The quantitative estimate of drug-likeness (QED) is 0.466. The number of allylic oxidation sites excluding steroid dienone is 1. The Morgan fingerprint density at radius 1 is 1.86 bits per heavy atom. The maximum absolute atomic E-state index is 8.68. The van der Waals surface area contributed by atoms with E-state index in [0.717, 1.165) is 12.0 Å². The molecule has 0 saturated carbocycles. The zero-order valence-electron chi connectivity index (χ0n) is 3.96. The van der Waals surface area contributed by atoms with E-state index in [0.29, 0.717) is 0 Å². The first kappa shape index (κ1) is 4.81. The lowest BCUT2D eigenvalue weighted by Crippen LogP contribution is -2.08. The zero-order valence-corrected chi connectivity index (χ0v) is 3.96. The molecule has 0 radical (unpaired) electrons. The number of hydrogen-bond acceptors (Lipinski definition) is 2. The van der Waals surface area contributed by atoms with Crippen LogP contribution in [0.25, 0.3) is 0 Å². The monoisotopic (exact) mass is 100 g/mol. The molecule has 7 heavy (non-hydrogen) atoms. The third-order valence-corrected chi connectivity index (χ3v) is 1.04. The van der Waals surface area contributed by atoms with Gasteiger partial charge in [-0.3, -0.25) is 0 Å². The molecule has 0 amide bonds. The van der Waals surface area contributed by atoms with Crippen LogP contribution < -0.4 is 0 Å². The van der Waals surface area contributed by atoms with Gasteiger partial charge in [-0.1, -0.05) is 6.08 Å². The normalized spacial score (nSPS) is 21.1. The fourth-order valence-corrected chi connectivity index (χ4v) is 0.448. The van der Waals surface area contributed by atoms with E-state index < -0.39 is 6.10 Å². The van der Waals surface area contributed by atoms with Crippen molar-refractivity contribution in [2.75, 3.05) is 6.61 Å². The van der Waals surface area contributed by atoms with Crippen LogP contribution in [0.1, 0.15) is 6.42 Å². The van der Waals surface area contributed by atoms with Crippen LogP contribution in [-0.2, 0) is 0 Å². The highest BCUT2D eigenvalue weighted by Gasteiger charge is 2.15. The van der Waals surface area contributed by atoms with E-state index in [2.05, 4.69) is 0 Å². The molecule has 0 bridgehead atoms. The molecular formula is C5H8O2. The summed E-state index contributed by atoms with van der Waals surface area (Å²) in [6, 6.07) is 0. The van der Waals surface area contributed by atoms with Crippen LogP contribution in [0.2, 0.25) is 0 Å². The van der Waals surface area contributed by atoms with Crippen molar-refractivity contribution < 1.29 is 10.2 Å². The minimum Gasteiger partial charge on any atom is -0.393 e. The van der Waals surface area contributed by atoms with Gasteiger partial charge in [0.2, 0.25) is 0 Å². The minimum absolute atomic E-state index is 0.133. The molecule has 0 fully saturated rings. The van der Waals surface area contributed by atoms with E-state index >= 15 is 0 Å². The van der Waals surface area contributed by atoms with Gasteiger partial charge in [0.1, 0.15) is 0 Å². The highest BCUT2D eigenvalue weighted by molar-refractivity contribution is 5.25. The fraction of sp³-hybridized carbons (Fsp3) is 0.600. The van der Waals surface area contributed by atoms with E-state index in [1.165, 1.54) is 0 Å². The van der Waals surface area contributed by atoms with Crippen molar-refractivity contribution in [2.45, 2.75) is 12.5 Å². The molecule has 0 aromatic rings. The van der Waals surface area contributed by atoms with Gasteiger partial charge >= 0.3 is 0 Å². The first-order valence-corrected chi connectivity index (χ1v) is 2.32. The molecule has 2 nitrogen and oxygen atoms in total. The summed E-state index contributed by atoms with van der Waals surface area (Å²) in [5.74, 6) is 0. The second-order valence-corrected chi connectivity index (χ2v) is 1.68. The van der Waals surface area contributed by atoms with Crippen molar-refractivity contribution in [1.82, 2.24) is 0 Å². The van der Waals surface area contributed by atoms with Gasteiger partial charge in [-0.05, 0) is 12.0 Å². The van der Waals surface area contributed by atoms with Crippen molar-refractivity contribution >= 4 is 0 Å².